The molecule has 0 aliphatic carbocycles. The number of hydrogen-bond donors (Lipinski definition) is 1. The van der Waals surface area contributed by atoms with Crippen LogP contribution < -0.4 is 0 Å². The molecule has 0 saturated heterocycles. The van der Waals surface area contributed by atoms with Gasteiger partial charge in [-0.25, -0.2) is 0 Å². The zero-order chi connectivity index (χ0) is 12.5. The van der Waals surface area contributed by atoms with Crippen molar-refractivity contribution in [1.82, 2.24) is 9.38 Å². The fraction of sp³-hybridized carbons (Fsp3) is 0.133. The predicted molar refractivity (Wildman–Crippen MR) is 71.3 cm³/mol. The Labute approximate surface area is 105 Å². The Hall–Kier alpha value is -2.13. The summed E-state index contributed by atoms with van der Waals surface area (Å²) in [5, 5.41) is 9.94. The molecular formula is C15H14N2O. The number of aromatic nitrogens is 2. The summed E-state index contributed by atoms with van der Waals surface area (Å²) in [6, 6.07) is 12.0. The Morgan fingerprint density at radius 2 is 1.94 bits per heavy atom. The quantitative estimate of drug-likeness (QED) is 0.745. The Morgan fingerprint density at radius 1 is 1.17 bits per heavy atom. The van der Waals surface area contributed by atoms with E-state index in [-0.39, 0.29) is 0 Å². The number of fused-ring (bicyclic) bond motifs is 1. The molecule has 3 nitrogen and oxygen atoms in total. The van der Waals surface area contributed by atoms with Gasteiger partial charge in [0.25, 0.3) is 0 Å². The van der Waals surface area contributed by atoms with Gasteiger partial charge >= 0.3 is 0 Å². The van der Waals surface area contributed by atoms with E-state index >= 15 is 0 Å². The summed E-state index contributed by atoms with van der Waals surface area (Å²) in [5.74, 6) is 0. The van der Waals surface area contributed by atoms with Crippen molar-refractivity contribution in [2.75, 3.05) is 0 Å². The molecule has 0 aliphatic heterocycles. The van der Waals surface area contributed by atoms with Crippen LogP contribution in [0.15, 0.2) is 55.0 Å². The molecule has 90 valence electrons. The molecule has 1 unspecified atom stereocenters. The van der Waals surface area contributed by atoms with E-state index in [0.717, 1.165) is 22.3 Å². The van der Waals surface area contributed by atoms with Crippen LogP contribution in [0.1, 0.15) is 18.6 Å². The van der Waals surface area contributed by atoms with E-state index in [1.807, 2.05) is 42.6 Å². The minimum atomic E-state index is -0.493. The van der Waals surface area contributed by atoms with E-state index in [1.54, 1.807) is 19.3 Å². The molecule has 0 aliphatic rings. The van der Waals surface area contributed by atoms with Gasteiger partial charge in [-0.15, -0.1) is 0 Å². The zero-order valence-electron chi connectivity index (χ0n) is 10.1. The standard InChI is InChI=1S/C15H14N2O/c1-11(18)14-10-13-4-2-3-9-17(13)15(14)12-5-7-16-8-6-12/h2-11,18H,1H3. The molecule has 1 atom stereocenters. The van der Waals surface area contributed by atoms with Crippen molar-refractivity contribution >= 4 is 5.52 Å². The van der Waals surface area contributed by atoms with E-state index in [4.69, 9.17) is 0 Å². The van der Waals surface area contributed by atoms with Crippen molar-refractivity contribution in [3.63, 3.8) is 0 Å². The molecule has 0 spiro atoms. The second-order valence-corrected chi connectivity index (χ2v) is 4.36. The van der Waals surface area contributed by atoms with Gasteiger partial charge in [-0.05, 0) is 37.3 Å². The van der Waals surface area contributed by atoms with Crippen LogP contribution in [0.25, 0.3) is 16.8 Å². The molecule has 3 aromatic heterocycles. The fourth-order valence-electron chi connectivity index (χ4n) is 2.28. The Kier molecular flexibility index (Phi) is 2.61. The monoisotopic (exact) mass is 238 g/mol. The molecule has 0 bridgehead atoms. The van der Waals surface area contributed by atoms with E-state index in [1.165, 1.54) is 0 Å². The van der Waals surface area contributed by atoms with E-state index < -0.39 is 6.10 Å². The van der Waals surface area contributed by atoms with Crippen molar-refractivity contribution in [1.29, 1.82) is 0 Å². The van der Waals surface area contributed by atoms with Crippen molar-refractivity contribution in [3.05, 3.63) is 60.6 Å². The number of rotatable bonds is 2. The molecule has 3 heteroatoms. The molecule has 0 radical (unpaired) electrons. The maximum absolute atomic E-state index is 9.94. The lowest BCUT2D eigenvalue weighted by molar-refractivity contribution is 0.200. The normalized spacial score (nSPS) is 12.8. The fourth-order valence-corrected chi connectivity index (χ4v) is 2.28. The third-order valence-corrected chi connectivity index (χ3v) is 3.11. The lowest BCUT2D eigenvalue weighted by Crippen LogP contribution is -1.94. The van der Waals surface area contributed by atoms with Gasteiger partial charge in [-0.3, -0.25) is 4.98 Å². The highest BCUT2D eigenvalue weighted by atomic mass is 16.3. The number of aliphatic hydroxyl groups is 1. The van der Waals surface area contributed by atoms with Crippen molar-refractivity contribution < 1.29 is 5.11 Å². The molecule has 3 heterocycles. The Balaban J connectivity index is 2.35. The Bertz CT molecular complexity index is 671. The van der Waals surface area contributed by atoms with Gasteiger partial charge in [0.1, 0.15) is 0 Å². The minimum Gasteiger partial charge on any atom is -0.389 e. The van der Waals surface area contributed by atoms with Crippen LogP contribution in [-0.2, 0) is 0 Å². The van der Waals surface area contributed by atoms with Crippen LogP contribution in [-0.4, -0.2) is 14.5 Å². The van der Waals surface area contributed by atoms with E-state index in [9.17, 15) is 5.11 Å². The maximum Gasteiger partial charge on any atom is 0.0783 e. The van der Waals surface area contributed by atoms with Gasteiger partial charge < -0.3 is 9.51 Å². The van der Waals surface area contributed by atoms with Crippen LogP contribution in [0.2, 0.25) is 0 Å². The van der Waals surface area contributed by atoms with Crippen molar-refractivity contribution in [3.8, 4) is 11.3 Å². The molecular weight excluding hydrogens is 224 g/mol. The molecule has 3 rings (SSSR count). The van der Waals surface area contributed by atoms with Crippen LogP contribution >= 0.6 is 0 Å². The molecule has 1 N–H and O–H groups in total. The summed E-state index contributed by atoms with van der Waals surface area (Å²) < 4.78 is 2.09. The first-order valence-corrected chi connectivity index (χ1v) is 5.96. The SMILES string of the molecule is CC(O)c1cc2ccccn2c1-c1ccncc1. The lowest BCUT2D eigenvalue weighted by atomic mass is 10.1. The van der Waals surface area contributed by atoms with Gasteiger partial charge in [-0.1, -0.05) is 6.07 Å². The summed E-state index contributed by atoms with van der Waals surface area (Å²) in [4.78, 5) is 4.04. The maximum atomic E-state index is 9.94. The van der Waals surface area contributed by atoms with Crippen LogP contribution in [0, 0.1) is 0 Å². The summed E-state index contributed by atoms with van der Waals surface area (Å²) >= 11 is 0. The summed E-state index contributed by atoms with van der Waals surface area (Å²) in [7, 11) is 0. The third-order valence-electron chi connectivity index (χ3n) is 3.11. The first-order chi connectivity index (χ1) is 8.77. The number of aliphatic hydroxyl groups excluding tert-OH is 1. The van der Waals surface area contributed by atoms with Gasteiger partial charge in [0.15, 0.2) is 0 Å². The third kappa shape index (κ3) is 1.69. The second kappa shape index (κ2) is 4.27. The molecule has 0 aromatic carbocycles. The van der Waals surface area contributed by atoms with Gasteiger partial charge in [0.2, 0.25) is 0 Å². The van der Waals surface area contributed by atoms with Crippen LogP contribution in [0.5, 0.6) is 0 Å². The highest BCUT2D eigenvalue weighted by molar-refractivity contribution is 5.71. The molecule has 0 fully saturated rings. The van der Waals surface area contributed by atoms with Crippen molar-refractivity contribution in [2.24, 2.45) is 0 Å². The summed E-state index contributed by atoms with van der Waals surface area (Å²) in [6.07, 6.45) is 5.05. The van der Waals surface area contributed by atoms with E-state index in [0.29, 0.717) is 0 Å². The number of nitrogens with zero attached hydrogens (tertiary/aromatic N) is 2. The number of hydrogen-bond acceptors (Lipinski definition) is 2. The average molecular weight is 238 g/mol. The molecule has 3 aromatic rings. The van der Waals surface area contributed by atoms with Gasteiger partial charge in [-0.2, -0.15) is 0 Å². The topological polar surface area (TPSA) is 37.5 Å². The highest BCUT2D eigenvalue weighted by Crippen LogP contribution is 2.31. The molecule has 0 amide bonds. The Morgan fingerprint density at radius 3 is 2.67 bits per heavy atom. The van der Waals surface area contributed by atoms with E-state index in [2.05, 4.69) is 9.38 Å². The van der Waals surface area contributed by atoms with Crippen LogP contribution in [0.4, 0.5) is 0 Å². The van der Waals surface area contributed by atoms with Crippen molar-refractivity contribution in [2.45, 2.75) is 13.0 Å². The lowest BCUT2D eigenvalue weighted by Gasteiger charge is -2.08. The summed E-state index contributed by atoms with van der Waals surface area (Å²) in [6.45, 7) is 1.79. The predicted octanol–water partition coefficient (Wildman–Crippen LogP) is 3.05. The largest absolute Gasteiger partial charge is 0.389 e. The van der Waals surface area contributed by atoms with Gasteiger partial charge in [0, 0.05) is 35.2 Å². The smallest absolute Gasteiger partial charge is 0.0783 e. The second-order valence-electron chi connectivity index (χ2n) is 4.36. The van der Waals surface area contributed by atoms with Gasteiger partial charge in [0.05, 0.1) is 11.8 Å². The molecule has 18 heavy (non-hydrogen) atoms. The minimum absolute atomic E-state index is 0.493. The molecule has 0 saturated carbocycles. The summed E-state index contributed by atoms with van der Waals surface area (Å²) in [5.41, 5.74) is 4.11. The highest BCUT2D eigenvalue weighted by Gasteiger charge is 2.15. The average Bonchev–Trinajstić information content (AvgIpc) is 2.79. The zero-order valence-corrected chi connectivity index (χ0v) is 10.1. The van der Waals surface area contributed by atoms with Crippen LogP contribution in [0.3, 0.4) is 0 Å². The first-order valence-electron chi connectivity index (χ1n) is 5.96. The first kappa shape index (κ1) is 11.0. The number of pyridine rings is 2.